The van der Waals surface area contributed by atoms with Crippen LogP contribution in [-0.2, 0) is 14.3 Å². The maximum absolute atomic E-state index is 12.3. The molecular formula is C21H28O3. The summed E-state index contributed by atoms with van der Waals surface area (Å²) < 4.78 is 5.45. The van der Waals surface area contributed by atoms with Crippen molar-refractivity contribution in [3.63, 3.8) is 0 Å². The van der Waals surface area contributed by atoms with E-state index < -0.39 is 12.1 Å². The van der Waals surface area contributed by atoms with Gasteiger partial charge < -0.3 is 4.74 Å². The van der Waals surface area contributed by atoms with Crippen molar-refractivity contribution < 1.29 is 14.3 Å². The Balaban J connectivity index is 1.88. The highest BCUT2D eigenvalue weighted by atomic mass is 16.5. The molecule has 1 saturated carbocycles. The number of rotatable bonds is 3. The zero-order valence-corrected chi connectivity index (χ0v) is 14.4. The Hall–Kier alpha value is -1.90. The molecule has 1 aromatic carbocycles. The minimum absolute atomic E-state index is 0.0806. The van der Waals surface area contributed by atoms with Gasteiger partial charge >= 0.3 is 5.97 Å². The highest BCUT2D eigenvalue weighted by Gasteiger charge is 2.21. The molecule has 1 aliphatic carbocycles. The van der Waals surface area contributed by atoms with Gasteiger partial charge in [0, 0.05) is 12.5 Å². The third-order valence-electron chi connectivity index (χ3n) is 4.47. The molecule has 0 N–H and O–H groups in total. The van der Waals surface area contributed by atoms with E-state index in [9.17, 15) is 9.59 Å². The SMILES string of the molecule is O=C(C=Cc1ccccc1)OC1CCCCCCCCCCC1=O. The first-order chi connectivity index (χ1) is 11.8. The lowest BCUT2D eigenvalue weighted by Gasteiger charge is -2.16. The fourth-order valence-corrected chi connectivity index (χ4v) is 3.04. The van der Waals surface area contributed by atoms with Gasteiger partial charge in [-0.1, -0.05) is 68.9 Å². The zero-order chi connectivity index (χ0) is 17.0. The van der Waals surface area contributed by atoms with Crippen LogP contribution in [0.3, 0.4) is 0 Å². The predicted octanol–water partition coefficient (Wildman–Crippen LogP) is 5.10. The van der Waals surface area contributed by atoms with Gasteiger partial charge in [0.2, 0.25) is 0 Å². The average Bonchev–Trinajstić information content (AvgIpc) is 2.60. The molecule has 0 spiro atoms. The van der Waals surface area contributed by atoms with Crippen LogP contribution in [0.2, 0.25) is 0 Å². The molecule has 0 bridgehead atoms. The highest BCUT2D eigenvalue weighted by Crippen LogP contribution is 2.17. The molecule has 0 amide bonds. The van der Waals surface area contributed by atoms with Crippen molar-refractivity contribution in [2.45, 2.75) is 70.3 Å². The quantitative estimate of drug-likeness (QED) is 0.573. The Morgan fingerprint density at radius 2 is 1.54 bits per heavy atom. The lowest BCUT2D eigenvalue weighted by atomic mass is 9.98. The normalized spacial score (nSPS) is 21.0. The third kappa shape index (κ3) is 7.12. The van der Waals surface area contributed by atoms with Crippen LogP contribution in [0.5, 0.6) is 0 Å². The minimum Gasteiger partial charge on any atom is -0.451 e. The van der Waals surface area contributed by atoms with Crippen LogP contribution in [0.1, 0.15) is 69.8 Å². The third-order valence-corrected chi connectivity index (χ3v) is 4.47. The van der Waals surface area contributed by atoms with Crippen LogP contribution in [0.25, 0.3) is 6.08 Å². The summed E-state index contributed by atoms with van der Waals surface area (Å²) in [6.45, 7) is 0. The molecule has 1 aromatic rings. The fraction of sp³-hybridized carbons (Fsp3) is 0.524. The molecule has 1 unspecified atom stereocenters. The monoisotopic (exact) mass is 328 g/mol. The smallest absolute Gasteiger partial charge is 0.331 e. The number of ether oxygens (including phenoxy) is 1. The van der Waals surface area contributed by atoms with E-state index in [1.165, 1.54) is 31.8 Å². The van der Waals surface area contributed by atoms with E-state index in [1.54, 1.807) is 6.08 Å². The van der Waals surface area contributed by atoms with Gasteiger partial charge in [-0.3, -0.25) is 4.79 Å². The molecule has 130 valence electrons. The van der Waals surface area contributed by atoms with E-state index in [0.717, 1.165) is 31.2 Å². The molecular weight excluding hydrogens is 300 g/mol. The first-order valence-electron chi connectivity index (χ1n) is 9.22. The second-order valence-electron chi connectivity index (χ2n) is 6.50. The van der Waals surface area contributed by atoms with E-state index in [-0.39, 0.29) is 5.78 Å². The van der Waals surface area contributed by atoms with E-state index in [0.29, 0.717) is 12.8 Å². The summed E-state index contributed by atoms with van der Waals surface area (Å²) in [5, 5.41) is 0. The Morgan fingerprint density at radius 1 is 0.917 bits per heavy atom. The summed E-state index contributed by atoms with van der Waals surface area (Å²) in [7, 11) is 0. The molecule has 3 nitrogen and oxygen atoms in total. The summed E-state index contributed by atoms with van der Waals surface area (Å²) in [5.41, 5.74) is 0.944. The first-order valence-corrected chi connectivity index (χ1v) is 9.22. The van der Waals surface area contributed by atoms with Crippen LogP contribution in [0, 0.1) is 0 Å². The second kappa shape index (κ2) is 10.8. The summed E-state index contributed by atoms with van der Waals surface area (Å²) >= 11 is 0. The van der Waals surface area contributed by atoms with Gasteiger partial charge in [-0.05, 0) is 30.9 Å². The molecule has 0 saturated heterocycles. The maximum Gasteiger partial charge on any atom is 0.331 e. The van der Waals surface area contributed by atoms with Crippen molar-refractivity contribution in [3.05, 3.63) is 42.0 Å². The van der Waals surface area contributed by atoms with Crippen molar-refractivity contribution >= 4 is 17.8 Å². The summed E-state index contributed by atoms with van der Waals surface area (Å²) in [5.74, 6) is -0.346. The van der Waals surface area contributed by atoms with Gasteiger partial charge in [0.15, 0.2) is 11.9 Å². The minimum atomic E-state index is -0.572. The highest BCUT2D eigenvalue weighted by molar-refractivity contribution is 5.91. The molecule has 1 fully saturated rings. The van der Waals surface area contributed by atoms with Gasteiger partial charge in [0.1, 0.15) is 0 Å². The number of carbonyl (C=O) groups is 2. The van der Waals surface area contributed by atoms with Crippen LogP contribution >= 0.6 is 0 Å². The fourth-order valence-electron chi connectivity index (χ4n) is 3.04. The van der Waals surface area contributed by atoms with E-state index in [2.05, 4.69) is 0 Å². The number of hydrogen-bond donors (Lipinski definition) is 0. The van der Waals surface area contributed by atoms with Crippen molar-refractivity contribution in [2.75, 3.05) is 0 Å². The number of Topliss-reactive ketones (excluding diaryl/α,β-unsaturated/α-hetero) is 1. The average molecular weight is 328 g/mol. The van der Waals surface area contributed by atoms with Crippen LogP contribution < -0.4 is 0 Å². The van der Waals surface area contributed by atoms with Crippen LogP contribution in [0.15, 0.2) is 36.4 Å². The molecule has 3 heteroatoms. The molecule has 1 aliphatic rings. The molecule has 0 radical (unpaired) electrons. The lowest BCUT2D eigenvalue weighted by Crippen LogP contribution is -2.26. The topological polar surface area (TPSA) is 43.4 Å². The maximum atomic E-state index is 12.3. The van der Waals surface area contributed by atoms with Crippen molar-refractivity contribution in [1.82, 2.24) is 0 Å². The largest absolute Gasteiger partial charge is 0.451 e. The van der Waals surface area contributed by atoms with Gasteiger partial charge in [0.05, 0.1) is 0 Å². The van der Waals surface area contributed by atoms with Crippen molar-refractivity contribution in [2.24, 2.45) is 0 Å². The van der Waals surface area contributed by atoms with E-state index in [1.807, 2.05) is 30.3 Å². The van der Waals surface area contributed by atoms with E-state index >= 15 is 0 Å². The Morgan fingerprint density at radius 3 is 2.25 bits per heavy atom. The first kappa shape index (κ1) is 18.4. The molecule has 2 rings (SSSR count). The van der Waals surface area contributed by atoms with Crippen LogP contribution in [-0.4, -0.2) is 17.9 Å². The van der Waals surface area contributed by atoms with Crippen LogP contribution in [0.4, 0.5) is 0 Å². The van der Waals surface area contributed by atoms with E-state index in [4.69, 9.17) is 4.74 Å². The van der Waals surface area contributed by atoms with Crippen molar-refractivity contribution in [3.8, 4) is 0 Å². The number of carbonyl (C=O) groups excluding carboxylic acids is 2. The molecule has 0 heterocycles. The van der Waals surface area contributed by atoms with Gasteiger partial charge in [-0.15, -0.1) is 0 Å². The predicted molar refractivity (Wildman–Crippen MR) is 96.5 cm³/mol. The molecule has 0 aromatic heterocycles. The second-order valence-corrected chi connectivity index (χ2v) is 6.50. The number of benzene rings is 1. The number of hydrogen-bond acceptors (Lipinski definition) is 3. The van der Waals surface area contributed by atoms with Gasteiger partial charge in [0.25, 0.3) is 0 Å². The molecule has 24 heavy (non-hydrogen) atoms. The lowest BCUT2D eigenvalue weighted by molar-refractivity contribution is -0.151. The van der Waals surface area contributed by atoms with Crippen molar-refractivity contribution in [1.29, 1.82) is 0 Å². The number of esters is 1. The standard InChI is InChI=1S/C21H28O3/c22-19-14-10-5-3-1-2-4-6-11-15-20(19)24-21(23)17-16-18-12-8-7-9-13-18/h7-9,12-13,16-17,20H,1-6,10-11,14-15H2. The Kier molecular flexibility index (Phi) is 8.29. The summed E-state index contributed by atoms with van der Waals surface area (Å²) in [4.78, 5) is 24.4. The molecule has 1 atom stereocenters. The summed E-state index contributed by atoms with van der Waals surface area (Å²) in [6.07, 6.45) is 12.8. The number of ketones is 1. The summed E-state index contributed by atoms with van der Waals surface area (Å²) in [6, 6.07) is 9.61. The Bertz CT molecular complexity index is 533. The molecule has 0 aliphatic heterocycles. The zero-order valence-electron chi connectivity index (χ0n) is 14.4. The van der Waals surface area contributed by atoms with Gasteiger partial charge in [-0.2, -0.15) is 0 Å². The Labute approximate surface area is 145 Å². The van der Waals surface area contributed by atoms with Gasteiger partial charge in [-0.25, -0.2) is 4.79 Å².